The second kappa shape index (κ2) is 5.44. The summed E-state index contributed by atoms with van der Waals surface area (Å²) in [6.45, 7) is 1.93. The van der Waals surface area contributed by atoms with Crippen LogP contribution in [0.3, 0.4) is 0 Å². The monoisotopic (exact) mass is 294 g/mol. The van der Waals surface area contributed by atoms with Gasteiger partial charge in [0.05, 0.1) is 6.54 Å². The largest absolute Gasteiger partial charge is 0.441 e. The molecule has 2 saturated heterocycles. The van der Waals surface area contributed by atoms with Gasteiger partial charge in [-0.1, -0.05) is 6.07 Å². The first-order valence-corrected chi connectivity index (χ1v) is 7.82. The number of hydrogen-bond donors (Lipinski definition) is 1. The van der Waals surface area contributed by atoms with Crippen molar-refractivity contribution in [1.82, 2.24) is 10.2 Å². The van der Waals surface area contributed by atoms with Gasteiger partial charge in [-0.05, 0) is 17.9 Å². The highest BCUT2D eigenvalue weighted by Gasteiger charge is 2.43. The van der Waals surface area contributed by atoms with Crippen molar-refractivity contribution in [2.75, 3.05) is 19.6 Å². The van der Waals surface area contributed by atoms with Gasteiger partial charge in [0.25, 0.3) is 0 Å². The van der Waals surface area contributed by atoms with Gasteiger partial charge in [-0.15, -0.1) is 11.3 Å². The lowest BCUT2D eigenvalue weighted by atomic mass is 9.91. The first kappa shape index (κ1) is 13.4. The third kappa shape index (κ3) is 2.80. The number of nitrogens with one attached hydrogen (secondary N) is 1. The number of hydrogen-bond acceptors (Lipinski definition) is 4. The van der Waals surface area contributed by atoms with Crippen LogP contribution in [0, 0.1) is 0 Å². The van der Waals surface area contributed by atoms with Crippen LogP contribution in [0.4, 0.5) is 4.79 Å². The van der Waals surface area contributed by atoms with E-state index in [1.165, 1.54) is 4.88 Å². The van der Waals surface area contributed by atoms with Crippen molar-refractivity contribution in [2.45, 2.75) is 31.3 Å². The Hall–Kier alpha value is -1.56. The van der Waals surface area contributed by atoms with Crippen molar-refractivity contribution in [2.24, 2.45) is 0 Å². The smallest absolute Gasteiger partial charge is 0.407 e. The fraction of sp³-hybridized carbons (Fsp3) is 0.571. The van der Waals surface area contributed by atoms with Crippen LogP contribution in [-0.2, 0) is 16.0 Å². The predicted molar refractivity (Wildman–Crippen MR) is 75.7 cm³/mol. The zero-order valence-corrected chi connectivity index (χ0v) is 12.1. The third-order valence-corrected chi connectivity index (χ3v) is 4.99. The molecule has 2 fully saturated rings. The molecule has 3 rings (SSSR count). The molecule has 2 aliphatic rings. The quantitative estimate of drug-likeness (QED) is 0.924. The van der Waals surface area contributed by atoms with Crippen LogP contribution in [0.25, 0.3) is 0 Å². The van der Waals surface area contributed by atoms with Gasteiger partial charge in [-0.3, -0.25) is 4.79 Å². The Morgan fingerprint density at radius 1 is 1.45 bits per heavy atom. The Morgan fingerprint density at radius 2 is 2.25 bits per heavy atom. The molecule has 0 radical (unpaired) electrons. The van der Waals surface area contributed by atoms with Crippen LogP contribution in [0.1, 0.15) is 24.1 Å². The zero-order valence-electron chi connectivity index (χ0n) is 11.3. The minimum absolute atomic E-state index is 0.200. The lowest BCUT2D eigenvalue weighted by Gasteiger charge is -2.37. The SMILES string of the molecule is O=C1NCC2(CCN(C(=O)CCc3cccs3)CC2)O1. The van der Waals surface area contributed by atoms with E-state index in [-0.39, 0.29) is 17.6 Å². The fourth-order valence-electron chi connectivity index (χ4n) is 2.79. The second-order valence-corrected chi connectivity index (χ2v) is 6.42. The molecule has 0 aromatic carbocycles. The van der Waals surface area contributed by atoms with Crippen LogP contribution in [0.5, 0.6) is 0 Å². The Balaban J connectivity index is 1.48. The molecule has 0 bridgehead atoms. The molecule has 2 aliphatic heterocycles. The molecule has 0 atom stereocenters. The van der Waals surface area contributed by atoms with Crippen LogP contribution in [0.2, 0.25) is 0 Å². The maximum absolute atomic E-state index is 12.2. The minimum atomic E-state index is -0.373. The lowest BCUT2D eigenvalue weighted by molar-refractivity contribution is -0.134. The average Bonchev–Trinajstić information content (AvgIpc) is 3.08. The van der Waals surface area contributed by atoms with Crippen LogP contribution in [-0.4, -0.2) is 42.1 Å². The number of ether oxygens (including phenoxy) is 1. The molecule has 20 heavy (non-hydrogen) atoms. The highest BCUT2D eigenvalue weighted by molar-refractivity contribution is 7.09. The maximum atomic E-state index is 12.2. The molecule has 1 aromatic heterocycles. The summed E-state index contributed by atoms with van der Waals surface area (Å²) in [5, 5.41) is 4.74. The first-order chi connectivity index (χ1) is 9.67. The number of rotatable bonds is 3. The Bertz CT molecular complexity index is 493. The molecule has 0 unspecified atom stereocenters. The summed E-state index contributed by atoms with van der Waals surface area (Å²) >= 11 is 1.69. The molecule has 1 N–H and O–H groups in total. The van der Waals surface area contributed by atoms with E-state index in [1.807, 2.05) is 16.3 Å². The van der Waals surface area contributed by atoms with Gasteiger partial charge >= 0.3 is 6.09 Å². The van der Waals surface area contributed by atoms with Gasteiger partial charge in [-0.25, -0.2) is 4.79 Å². The molecule has 1 aromatic rings. The van der Waals surface area contributed by atoms with E-state index < -0.39 is 0 Å². The van der Waals surface area contributed by atoms with Gasteiger partial charge < -0.3 is 15.0 Å². The predicted octanol–water partition coefficient (Wildman–Crippen LogP) is 1.78. The Morgan fingerprint density at radius 3 is 2.85 bits per heavy atom. The van der Waals surface area contributed by atoms with E-state index in [2.05, 4.69) is 11.4 Å². The normalized spacial score (nSPS) is 20.8. The maximum Gasteiger partial charge on any atom is 0.407 e. The van der Waals surface area contributed by atoms with Crippen LogP contribution >= 0.6 is 11.3 Å². The minimum Gasteiger partial charge on any atom is -0.441 e. The standard InChI is InChI=1S/C14H18N2O3S/c17-12(4-3-11-2-1-9-20-11)16-7-5-14(6-8-16)10-15-13(18)19-14/h1-2,9H,3-8,10H2,(H,15,18). The van der Waals surface area contributed by atoms with Crippen LogP contribution in [0.15, 0.2) is 17.5 Å². The molecular weight excluding hydrogens is 276 g/mol. The van der Waals surface area contributed by atoms with Crippen molar-refractivity contribution < 1.29 is 14.3 Å². The van der Waals surface area contributed by atoms with E-state index >= 15 is 0 Å². The summed E-state index contributed by atoms with van der Waals surface area (Å²) in [7, 11) is 0. The van der Waals surface area contributed by atoms with E-state index in [1.54, 1.807) is 11.3 Å². The molecule has 5 nitrogen and oxygen atoms in total. The number of aryl methyl sites for hydroxylation is 1. The van der Waals surface area contributed by atoms with E-state index in [0.29, 0.717) is 26.1 Å². The number of alkyl carbamates (subject to hydrolysis) is 1. The number of carbonyl (C=O) groups is 2. The van der Waals surface area contributed by atoms with Gasteiger partial charge in [0, 0.05) is 37.2 Å². The van der Waals surface area contributed by atoms with Gasteiger partial charge in [0.15, 0.2) is 0 Å². The first-order valence-electron chi connectivity index (χ1n) is 6.94. The summed E-state index contributed by atoms with van der Waals surface area (Å²) < 4.78 is 5.35. The molecule has 3 heterocycles. The third-order valence-electron chi connectivity index (χ3n) is 4.06. The molecule has 0 saturated carbocycles. The molecule has 0 aliphatic carbocycles. The number of carbonyl (C=O) groups excluding carboxylic acids is 2. The Kier molecular flexibility index (Phi) is 3.65. The highest BCUT2D eigenvalue weighted by atomic mass is 32.1. The van der Waals surface area contributed by atoms with Gasteiger partial charge in [-0.2, -0.15) is 0 Å². The molecule has 2 amide bonds. The Labute approximate surface area is 121 Å². The number of thiophene rings is 1. The van der Waals surface area contributed by atoms with E-state index in [4.69, 9.17) is 4.74 Å². The van der Waals surface area contributed by atoms with Crippen LogP contribution < -0.4 is 5.32 Å². The topological polar surface area (TPSA) is 58.6 Å². The number of amides is 2. The molecule has 6 heteroatoms. The molecule has 108 valence electrons. The van der Waals surface area contributed by atoms with Crippen molar-refractivity contribution in [3.63, 3.8) is 0 Å². The molecule has 1 spiro atoms. The van der Waals surface area contributed by atoms with Crippen molar-refractivity contribution in [3.8, 4) is 0 Å². The summed E-state index contributed by atoms with van der Waals surface area (Å²) in [6.07, 6.45) is 2.51. The van der Waals surface area contributed by atoms with Gasteiger partial charge in [0.1, 0.15) is 5.60 Å². The average molecular weight is 294 g/mol. The summed E-state index contributed by atoms with van der Waals surface area (Å²) in [5.41, 5.74) is -0.373. The van der Waals surface area contributed by atoms with Crippen molar-refractivity contribution in [3.05, 3.63) is 22.4 Å². The van der Waals surface area contributed by atoms with E-state index in [9.17, 15) is 9.59 Å². The summed E-state index contributed by atoms with van der Waals surface area (Å²) in [5.74, 6) is 0.200. The summed E-state index contributed by atoms with van der Waals surface area (Å²) in [6, 6.07) is 4.07. The molecular formula is C14H18N2O3S. The van der Waals surface area contributed by atoms with Crippen molar-refractivity contribution >= 4 is 23.3 Å². The van der Waals surface area contributed by atoms with Gasteiger partial charge in [0.2, 0.25) is 5.91 Å². The number of likely N-dealkylation sites (tertiary alicyclic amines) is 1. The highest BCUT2D eigenvalue weighted by Crippen LogP contribution is 2.29. The fourth-order valence-corrected chi connectivity index (χ4v) is 3.50. The number of piperidine rings is 1. The second-order valence-electron chi connectivity index (χ2n) is 5.39. The van der Waals surface area contributed by atoms with E-state index in [0.717, 1.165) is 19.3 Å². The van der Waals surface area contributed by atoms with Crippen molar-refractivity contribution in [1.29, 1.82) is 0 Å². The summed E-state index contributed by atoms with van der Waals surface area (Å²) in [4.78, 5) is 26.5. The number of nitrogens with zero attached hydrogens (tertiary/aromatic N) is 1. The lowest BCUT2D eigenvalue weighted by Crippen LogP contribution is -2.48. The zero-order chi connectivity index (χ0) is 14.0.